The standard InChI is InChI=1S/C11H22N4/c1-4-14(5-2)6-7-15-10-11(8-12-3)9-13-15/h9-10,12H,4-8H2,1-3H3. The molecular weight excluding hydrogens is 188 g/mol. The van der Waals surface area contributed by atoms with Gasteiger partial charge in [-0.25, -0.2) is 0 Å². The molecule has 1 heterocycles. The third kappa shape index (κ3) is 4.01. The Bertz CT molecular complexity index is 265. The Balaban J connectivity index is 2.36. The van der Waals surface area contributed by atoms with Gasteiger partial charge in [0.15, 0.2) is 0 Å². The van der Waals surface area contributed by atoms with Gasteiger partial charge in [0.25, 0.3) is 0 Å². The molecule has 0 unspecified atom stereocenters. The van der Waals surface area contributed by atoms with Crippen LogP contribution in [0.1, 0.15) is 19.4 Å². The number of rotatable bonds is 7. The molecule has 0 fully saturated rings. The average Bonchev–Trinajstić information content (AvgIpc) is 2.68. The smallest absolute Gasteiger partial charge is 0.0536 e. The lowest BCUT2D eigenvalue weighted by Crippen LogP contribution is -2.27. The molecule has 0 amide bonds. The number of hydrogen-bond donors (Lipinski definition) is 1. The Hall–Kier alpha value is -0.870. The van der Waals surface area contributed by atoms with Crippen LogP contribution in [0.2, 0.25) is 0 Å². The van der Waals surface area contributed by atoms with E-state index >= 15 is 0 Å². The van der Waals surface area contributed by atoms with Crippen molar-refractivity contribution in [2.24, 2.45) is 0 Å². The lowest BCUT2D eigenvalue weighted by atomic mass is 10.4. The zero-order chi connectivity index (χ0) is 11.1. The maximum absolute atomic E-state index is 4.33. The van der Waals surface area contributed by atoms with Crippen LogP contribution in [0.15, 0.2) is 12.4 Å². The molecule has 0 radical (unpaired) electrons. The van der Waals surface area contributed by atoms with Crippen LogP contribution in [-0.2, 0) is 13.1 Å². The van der Waals surface area contributed by atoms with Crippen molar-refractivity contribution < 1.29 is 0 Å². The molecule has 15 heavy (non-hydrogen) atoms. The highest BCUT2D eigenvalue weighted by atomic mass is 15.3. The van der Waals surface area contributed by atoms with Crippen LogP contribution < -0.4 is 5.32 Å². The minimum Gasteiger partial charge on any atom is -0.316 e. The van der Waals surface area contributed by atoms with E-state index in [9.17, 15) is 0 Å². The first-order valence-electron chi connectivity index (χ1n) is 5.68. The molecule has 1 N–H and O–H groups in total. The monoisotopic (exact) mass is 210 g/mol. The minimum absolute atomic E-state index is 0.894. The zero-order valence-electron chi connectivity index (χ0n) is 10.0. The van der Waals surface area contributed by atoms with Crippen LogP contribution in [0.3, 0.4) is 0 Å². The van der Waals surface area contributed by atoms with Crippen molar-refractivity contribution in [1.29, 1.82) is 0 Å². The number of likely N-dealkylation sites (N-methyl/N-ethyl adjacent to an activating group) is 1. The van der Waals surface area contributed by atoms with Crippen molar-refractivity contribution in [3.63, 3.8) is 0 Å². The third-order valence-corrected chi connectivity index (χ3v) is 2.61. The van der Waals surface area contributed by atoms with E-state index in [4.69, 9.17) is 0 Å². The first kappa shape index (κ1) is 12.2. The number of aromatic nitrogens is 2. The van der Waals surface area contributed by atoms with Crippen molar-refractivity contribution in [1.82, 2.24) is 20.0 Å². The maximum atomic E-state index is 4.33. The molecule has 0 saturated heterocycles. The van der Waals surface area contributed by atoms with Gasteiger partial charge in [0.1, 0.15) is 0 Å². The molecule has 4 nitrogen and oxygen atoms in total. The summed E-state index contributed by atoms with van der Waals surface area (Å²) >= 11 is 0. The van der Waals surface area contributed by atoms with E-state index in [1.165, 1.54) is 5.56 Å². The Kier molecular flexibility index (Phi) is 5.36. The van der Waals surface area contributed by atoms with E-state index in [-0.39, 0.29) is 0 Å². The molecule has 0 aliphatic rings. The molecule has 0 aliphatic heterocycles. The Morgan fingerprint density at radius 3 is 2.73 bits per heavy atom. The summed E-state index contributed by atoms with van der Waals surface area (Å²) in [5.74, 6) is 0. The van der Waals surface area contributed by atoms with Gasteiger partial charge in [-0.1, -0.05) is 13.8 Å². The Morgan fingerprint density at radius 1 is 1.40 bits per heavy atom. The van der Waals surface area contributed by atoms with Crippen LogP contribution in [0.25, 0.3) is 0 Å². The maximum Gasteiger partial charge on any atom is 0.0536 e. The second-order valence-electron chi connectivity index (χ2n) is 3.67. The normalized spacial score (nSPS) is 11.2. The predicted octanol–water partition coefficient (Wildman–Crippen LogP) is 0.944. The summed E-state index contributed by atoms with van der Waals surface area (Å²) in [6.07, 6.45) is 4.04. The zero-order valence-corrected chi connectivity index (χ0v) is 10.0. The molecule has 4 heteroatoms. The molecule has 1 aromatic rings. The first-order valence-corrected chi connectivity index (χ1v) is 5.68. The highest BCUT2D eigenvalue weighted by molar-refractivity contribution is 5.02. The first-order chi connectivity index (χ1) is 7.30. The van der Waals surface area contributed by atoms with Gasteiger partial charge in [-0.15, -0.1) is 0 Å². The van der Waals surface area contributed by atoms with Gasteiger partial charge in [0, 0.05) is 24.8 Å². The van der Waals surface area contributed by atoms with Gasteiger partial charge in [0.05, 0.1) is 12.7 Å². The molecule has 0 aliphatic carbocycles. The third-order valence-electron chi connectivity index (χ3n) is 2.61. The van der Waals surface area contributed by atoms with Gasteiger partial charge < -0.3 is 10.2 Å². The molecule has 0 atom stereocenters. The molecule has 86 valence electrons. The van der Waals surface area contributed by atoms with Gasteiger partial charge in [-0.3, -0.25) is 4.68 Å². The number of nitrogens with one attached hydrogen (secondary N) is 1. The molecule has 1 aromatic heterocycles. The van der Waals surface area contributed by atoms with Crippen molar-refractivity contribution in [3.05, 3.63) is 18.0 Å². The summed E-state index contributed by atoms with van der Waals surface area (Å²) in [6, 6.07) is 0. The average molecular weight is 210 g/mol. The van der Waals surface area contributed by atoms with E-state index in [0.29, 0.717) is 0 Å². The molecular formula is C11H22N4. The quantitative estimate of drug-likeness (QED) is 0.727. The highest BCUT2D eigenvalue weighted by Crippen LogP contribution is 1.97. The van der Waals surface area contributed by atoms with Crippen molar-refractivity contribution in [2.45, 2.75) is 26.9 Å². The van der Waals surface area contributed by atoms with Crippen LogP contribution in [0.4, 0.5) is 0 Å². The fourth-order valence-corrected chi connectivity index (χ4v) is 1.61. The minimum atomic E-state index is 0.894. The van der Waals surface area contributed by atoms with E-state index in [2.05, 4.69) is 35.4 Å². The highest BCUT2D eigenvalue weighted by Gasteiger charge is 2.01. The van der Waals surface area contributed by atoms with Gasteiger partial charge in [-0.05, 0) is 20.1 Å². The SMILES string of the molecule is CCN(CC)CCn1cc(CNC)cn1. The summed E-state index contributed by atoms with van der Waals surface area (Å²) in [6.45, 7) is 9.56. The lowest BCUT2D eigenvalue weighted by molar-refractivity contribution is 0.285. The van der Waals surface area contributed by atoms with Gasteiger partial charge >= 0.3 is 0 Å². The fraction of sp³-hybridized carbons (Fsp3) is 0.727. The van der Waals surface area contributed by atoms with Crippen LogP contribution in [0.5, 0.6) is 0 Å². The predicted molar refractivity (Wildman–Crippen MR) is 62.8 cm³/mol. The number of hydrogen-bond acceptors (Lipinski definition) is 3. The van der Waals surface area contributed by atoms with Crippen LogP contribution >= 0.6 is 0 Å². The Morgan fingerprint density at radius 2 is 2.13 bits per heavy atom. The van der Waals surface area contributed by atoms with E-state index in [1.54, 1.807) is 0 Å². The van der Waals surface area contributed by atoms with E-state index in [0.717, 1.165) is 32.7 Å². The molecule has 0 bridgehead atoms. The second kappa shape index (κ2) is 6.58. The molecule has 0 spiro atoms. The molecule has 0 saturated carbocycles. The van der Waals surface area contributed by atoms with Crippen molar-refractivity contribution in [3.8, 4) is 0 Å². The van der Waals surface area contributed by atoms with Crippen LogP contribution in [0, 0.1) is 0 Å². The summed E-state index contributed by atoms with van der Waals surface area (Å²) in [7, 11) is 1.95. The van der Waals surface area contributed by atoms with Gasteiger partial charge in [-0.2, -0.15) is 5.10 Å². The molecule has 1 rings (SSSR count). The van der Waals surface area contributed by atoms with Crippen LogP contribution in [-0.4, -0.2) is 41.4 Å². The largest absolute Gasteiger partial charge is 0.316 e. The lowest BCUT2D eigenvalue weighted by Gasteiger charge is -2.17. The van der Waals surface area contributed by atoms with E-state index in [1.807, 2.05) is 17.9 Å². The number of nitrogens with zero attached hydrogens (tertiary/aromatic N) is 3. The van der Waals surface area contributed by atoms with Gasteiger partial charge in [0.2, 0.25) is 0 Å². The summed E-state index contributed by atoms with van der Waals surface area (Å²) in [5.41, 5.74) is 1.25. The van der Waals surface area contributed by atoms with E-state index < -0.39 is 0 Å². The summed E-state index contributed by atoms with van der Waals surface area (Å²) in [4.78, 5) is 2.40. The second-order valence-corrected chi connectivity index (χ2v) is 3.67. The van der Waals surface area contributed by atoms with Crippen molar-refractivity contribution >= 4 is 0 Å². The Labute approximate surface area is 92.3 Å². The summed E-state index contributed by atoms with van der Waals surface area (Å²) in [5, 5.41) is 7.45. The fourth-order valence-electron chi connectivity index (χ4n) is 1.61. The summed E-state index contributed by atoms with van der Waals surface area (Å²) < 4.78 is 2.02. The molecule has 0 aromatic carbocycles. The van der Waals surface area contributed by atoms with Crippen molar-refractivity contribution in [2.75, 3.05) is 26.7 Å². The topological polar surface area (TPSA) is 33.1 Å².